The number of pyridine rings is 2. The van der Waals surface area contributed by atoms with E-state index >= 15 is 0 Å². The van der Waals surface area contributed by atoms with Gasteiger partial charge in [0.15, 0.2) is 0 Å². The summed E-state index contributed by atoms with van der Waals surface area (Å²) in [6.07, 6.45) is 0.545. The molecule has 0 aliphatic heterocycles. The Hall–Kier alpha value is -3.12. The second-order valence-corrected chi connectivity index (χ2v) is 6.18. The van der Waals surface area contributed by atoms with E-state index in [-0.39, 0.29) is 22.2 Å². The van der Waals surface area contributed by atoms with Crippen LogP contribution in [0, 0.1) is 50.4 Å². The average Bonchev–Trinajstić information content (AvgIpc) is 2.53. The average molecular weight is 336 g/mol. The fourth-order valence-electron chi connectivity index (χ4n) is 3.07. The van der Waals surface area contributed by atoms with Crippen LogP contribution < -0.4 is 11.1 Å². The van der Waals surface area contributed by atoms with Crippen molar-refractivity contribution in [1.29, 1.82) is 10.5 Å². The fraction of sp³-hybridized carbons (Fsp3) is 0.368. The van der Waals surface area contributed by atoms with Crippen molar-refractivity contribution in [3.8, 4) is 12.1 Å². The summed E-state index contributed by atoms with van der Waals surface area (Å²) in [7, 11) is 0. The molecule has 0 aliphatic rings. The lowest BCUT2D eigenvalue weighted by molar-refractivity contribution is 0.527. The van der Waals surface area contributed by atoms with E-state index in [9.17, 15) is 9.59 Å². The van der Waals surface area contributed by atoms with E-state index in [1.807, 2.05) is 38.1 Å². The van der Waals surface area contributed by atoms with Gasteiger partial charge in [-0.1, -0.05) is 0 Å². The number of nitriles is 2. The van der Waals surface area contributed by atoms with Crippen LogP contribution in [-0.4, -0.2) is 9.13 Å². The highest BCUT2D eigenvalue weighted by Crippen LogP contribution is 2.08. The van der Waals surface area contributed by atoms with Crippen LogP contribution >= 0.6 is 0 Å². The van der Waals surface area contributed by atoms with Crippen molar-refractivity contribution in [3.05, 3.63) is 66.5 Å². The molecule has 0 N–H and O–H groups in total. The summed E-state index contributed by atoms with van der Waals surface area (Å²) in [5, 5.41) is 18.3. The van der Waals surface area contributed by atoms with Crippen molar-refractivity contribution in [1.82, 2.24) is 9.13 Å². The third-order valence-electron chi connectivity index (χ3n) is 4.40. The maximum Gasteiger partial charge on any atom is 0.268 e. The fourth-order valence-corrected chi connectivity index (χ4v) is 3.07. The molecule has 0 unspecified atom stereocenters. The van der Waals surface area contributed by atoms with Crippen molar-refractivity contribution in [2.45, 2.75) is 47.2 Å². The largest absolute Gasteiger partial charge is 0.312 e. The maximum atomic E-state index is 12.4. The quantitative estimate of drug-likeness (QED) is 0.854. The molecule has 2 aromatic rings. The van der Waals surface area contributed by atoms with E-state index in [2.05, 4.69) is 0 Å². The third kappa shape index (κ3) is 3.39. The molecule has 2 rings (SSSR count). The van der Waals surface area contributed by atoms with Gasteiger partial charge >= 0.3 is 0 Å². The molecule has 0 aliphatic carbocycles. The predicted octanol–water partition coefficient (Wildman–Crippen LogP) is 2.08. The van der Waals surface area contributed by atoms with E-state index in [1.165, 1.54) is 0 Å². The van der Waals surface area contributed by atoms with Gasteiger partial charge in [-0.2, -0.15) is 10.5 Å². The zero-order chi connectivity index (χ0) is 18.7. The van der Waals surface area contributed by atoms with E-state index in [0.717, 1.165) is 11.4 Å². The highest BCUT2D eigenvalue weighted by atomic mass is 16.1. The molecule has 0 saturated heterocycles. The van der Waals surface area contributed by atoms with Gasteiger partial charge in [-0.25, -0.2) is 0 Å². The highest BCUT2D eigenvalue weighted by Gasteiger charge is 2.12. The lowest BCUT2D eigenvalue weighted by Crippen LogP contribution is -2.29. The van der Waals surface area contributed by atoms with Crippen LogP contribution in [0.25, 0.3) is 0 Å². The Morgan fingerprint density at radius 2 is 1.16 bits per heavy atom. The molecule has 0 fully saturated rings. The molecule has 25 heavy (non-hydrogen) atoms. The molecule has 0 atom stereocenters. The van der Waals surface area contributed by atoms with Crippen LogP contribution in [0.3, 0.4) is 0 Å². The Bertz CT molecular complexity index is 946. The first kappa shape index (κ1) is 18.2. The minimum absolute atomic E-state index is 0.154. The van der Waals surface area contributed by atoms with Gasteiger partial charge in [-0.15, -0.1) is 0 Å². The first-order valence-electron chi connectivity index (χ1n) is 8.04. The smallest absolute Gasteiger partial charge is 0.268 e. The molecular weight excluding hydrogens is 316 g/mol. The van der Waals surface area contributed by atoms with E-state index in [4.69, 9.17) is 10.5 Å². The zero-order valence-corrected chi connectivity index (χ0v) is 14.9. The molecule has 2 heterocycles. The molecule has 0 amide bonds. The molecule has 0 aromatic carbocycles. The SMILES string of the molecule is Cc1cc(C)n(CCCn2c(C)cc(C)c(C#N)c2=O)c(=O)c1C#N. The van der Waals surface area contributed by atoms with Gasteiger partial charge in [-0.05, 0) is 57.4 Å². The lowest BCUT2D eigenvalue weighted by atomic mass is 10.1. The van der Waals surface area contributed by atoms with Gasteiger partial charge in [0.1, 0.15) is 23.3 Å². The van der Waals surface area contributed by atoms with Crippen molar-refractivity contribution < 1.29 is 0 Å². The van der Waals surface area contributed by atoms with Crippen LogP contribution in [0.15, 0.2) is 21.7 Å². The second kappa shape index (κ2) is 7.19. The molecule has 2 aromatic heterocycles. The summed E-state index contributed by atoms with van der Waals surface area (Å²) in [5.41, 5.74) is 2.62. The van der Waals surface area contributed by atoms with Crippen LogP contribution in [0.4, 0.5) is 0 Å². The van der Waals surface area contributed by atoms with E-state index in [1.54, 1.807) is 23.0 Å². The number of aromatic nitrogens is 2. The van der Waals surface area contributed by atoms with Crippen LogP contribution in [-0.2, 0) is 13.1 Å². The topological polar surface area (TPSA) is 91.6 Å². The van der Waals surface area contributed by atoms with Crippen molar-refractivity contribution in [2.75, 3.05) is 0 Å². The number of hydrogen-bond donors (Lipinski definition) is 0. The van der Waals surface area contributed by atoms with Gasteiger partial charge in [-0.3, -0.25) is 9.59 Å². The third-order valence-corrected chi connectivity index (χ3v) is 4.40. The van der Waals surface area contributed by atoms with Crippen molar-refractivity contribution >= 4 is 0 Å². The first-order valence-corrected chi connectivity index (χ1v) is 8.04. The standard InChI is InChI=1S/C19H20N4O2/c1-12-8-14(3)22(18(24)16(12)10-20)6-5-7-23-15(4)9-13(2)17(11-21)19(23)25/h8-9H,5-7H2,1-4H3. The lowest BCUT2D eigenvalue weighted by Gasteiger charge is -2.14. The Labute approximate surface area is 146 Å². The van der Waals surface area contributed by atoms with Gasteiger partial charge in [0.2, 0.25) is 0 Å². The summed E-state index contributed by atoms with van der Waals surface area (Å²) in [4.78, 5) is 24.8. The molecule has 0 radical (unpaired) electrons. The van der Waals surface area contributed by atoms with Crippen LogP contribution in [0.2, 0.25) is 0 Å². The van der Waals surface area contributed by atoms with Gasteiger partial charge < -0.3 is 9.13 Å². The second-order valence-electron chi connectivity index (χ2n) is 6.18. The number of aryl methyl sites for hydroxylation is 4. The number of rotatable bonds is 4. The molecule has 0 saturated carbocycles. The minimum atomic E-state index is -0.300. The Kier molecular flexibility index (Phi) is 5.24. The maximum absolute atomic E-state index is 12.4. The highest BCUT2D eigenvalue weighted by molar-refractivity contribution is 5.37. The van der Waals surface area contributed by atoms with E-state index < -0.39 is 0 Å². The van der Waals surface area contributed by atoms with Gasteiger partial charge in [0, 0.05) is 24.5 Å². The summed E-state index contributed by atoms with van der Waals surface area (Å²) < 4.78 is 3.12. The Balaban J connectivity index is 2.30. The van der Waals surface area contributed by atoms with E-state index in [0.29, 0.717) is 30.6 Å². The summed E-state index contributed by atoms with van der Waals surface area (Å²) in [5.74, 6) is 0. The molecule has 128 valence electrons. The van der Waals surface area contributed by atoms with Crippen LogP contribution in [0.5, 0.6) is 0 Å². The summed E-state index contributed by atoms with van der Waals surface area (Å²) in [6.45, 7) is 7.95. The van der Waals surface area contributed by atoms with Gasteiger partial charge in [0.05, 0.1) is 0 Å². The summed E-state index contributed by atoms with van der Waals surface area (Å²) >= 11 is 0. The van der Waals surface area contributed by atoms with Crippen molar-refractivity contribution in [3.63, 3.8) is 0 Å². The molecule has 0 bridgehead atoms. The normalized spacial score (nSPS) is 10.3. The molecule has 0 spiro atoms. The molecule has 6 heteroatoms. The molecular formula is C19H20N4O2. The number of nitrogens with zero attached hydrogens (tertiary/aromatic N) is 4. The summed E-state index contributed by atoms with van der Waals surface area (Å²) in [6, 6.07) is 7.54. The first-order chi connectivity index (χ1) is 11.8. The van der Waals surface area contributed by atoms with Gasteiger partial charge in [0.25, 0.3) is 11.1 Å². The predicted molar refractivity (Wildman–Crippen MR) is 94.4 cm³/mol. The zero-order valence-electron chi connectivity index (χ0n) is 14.9. The van der Waals surface area contributed by atoms with Crippen molar-refractivity contribution in [2.24, 2.45) is 0 Å². The Morgan fingerprint density at radius 3 is 1.48 bits per heavy atom. The molecule has 6 nitrogen and oxygen atoms in total. The monoisotopic (exact) mass is 336 g/mol. The van der Waals surface area contributed by atoms with Crippen LogP contribution in [0.1, 0.15) is 40.1 Å². The number of hydrogen-bond acceptors (Lipinski definition) is 4. The minimum Gasteiger partial charge on any atom is -0.312 e. The Morgan fingerprint density at radius 1 is 0.800 bits per heavy atom.